The van der Waals surface area contributed by atoms with E-state index >= 15 is 0 Å². The monoisotopic (exact) mass is 277 g/mol. The SMILES string of the molecule is O=C(O)c1cccc(C(=O)NCCNC(=O)C2CC2)n1. The normalized spacial score (nSPS) is 13.6. The molecule has 0 atom stereocenters. The van der Waals surface area contributed by atoms with Crippen LogP contribution in [0.1, 0.15) is 33.8 Å². The van der Waals surface area contributed by atoms with E-state index in [2.05, 4.69) is 15.6 Å². The Morgan fingerprint density at radius 3 is 2.45 bits per heavy atom. The zero-order valence-corrected chi connectivity index (χ0v) is 10.8. The highest BCUT2D eigenvalue weighted by Gasteiger charge is 2.28. The van der Waals surface area contributed by atoms with Crippen molar-refractivity contribution >= 4 is 17.8 Å². The predicted octanol–water partition coefficient (Wildman–Crippen LogP) is 0.0358. The van der Waals surface area contributed by atoms with Crippen LogP contribution in [0.3, 0.4) is 0 Å². The number of pyridine rings is 1. The predicted molar refractivity (Wildman–Crippen MR) is 69.3 cm³/mol. The van der Waals surface area contributed by atoms with Crippen LogP contribution < -0.4 is 10.6 Å². The molecule has 1 aliphatic rings. The smallest absolute Gasteiger partial charge is 0.354 e. The van der Waals surface area contributed by atoms with Crippen LogP contribution in [0.25, 0.3) is 0 Å². The fraction of sp³-hybridized carbons (Fsp3) is 0.385. The molecule has 2 rings (SSSR count). The lowest BCUT2D eigenvalue weighted by atomic mass is 10.3. The first-order chi connectivity index (χ1) is 9.58. The van der Waals surface area contributed by atoms with Gasteiger partial charge in [0.25, 0.3) is 5.91 Å². The Hall–Kier alpha value is -2.44. The van der Waals surface area contributed by atoms with Gasteiger partial charge in [0, 0.05) is 19.0 Å². The highest BCUT2D eigenvalue weighted by atomic mass is 16.4. The van der Waals surface area contributed by atoms with E-state index in [9.17, 15) is 14.4 Å². The third-order valence-electron chi connectivity index (χ3n) is 2.86. The van der Waals surface area contributed by atoms with Crippen LogP contribution in [0, 0.1) is 5.92 Å². The van der Waals surface area contributed by atoms with Crippen LogP contribution in [0.15, 0.2) is 18.2 Å². The fourth-order valence-corrected chi connectivity index (χ4v) is 1.62. The third kappa shape index (κ3) is 3.78. The van der Waals surface area contributed by atoms with Gasteiger partial charge in [0.15, 0.2) is 0 Å². The summed E-state index contributed by atoms with van der Waals surface area (Å²) in [4.78, 5) is 37.5. The molecule has 1 saturated carbocycles. The van der Waals surface area contributed by atoms with Crippen molar-refractivity contribution in [1.29, 1.82) is 0 Å². The van der Waals surface area contributed by atoms with Crippen molar-refractivity contribution < 1.29 is 19.5 Å². The second-order valence-corrected chi connectivity index (χ2v) is 4.53. The molecule has 3 N–H and O–H groups in total. The van der Waals surface area contributed by atoms with Crippen LogP contribution >= 0.6 is 0 Å². The highest BCUT2D eigenvalue weighted by Crippen LogP contribution is 2.28. The lowest BCUT2D eigenvalue weighted by molar-refractivity contribution is -0.122. The number of rotatable bonds is 6. The van der Waals surface area contributed by atoms with E-state index in [1.807, 2.05) is 0 Å². The Bertz CT molecular complexity index is 540. The lowest BCUT2D eigenvalue weighted by Crippen LogP contribution is -2.35. The van der Waals surface area contributed by atoms with E-state index in [0.717, 1.165) is 12.8 Å². The molecule has 1 aliphatic carbocycles. The molecule has 0 spiro atoms. The van der Waals surface area contributed by atoms with Gasteiger partial charge in [-0.3, -0.25) is 9.59 Å². The molecule has 2 amide bonds. The number of hydrogen-bond acceptors (Lipinski definition) is 4. The summed E-state index contributed by atoms with van der Waals surface area (Å²) in [6.07, 6.45) is 1.87. The average Bonchev–Trinajstić information content (AvgIpc) is 3.27. The molecule has 0 saturated heterocycles. The minimum Gasteiger partial charge on any atom is -0.477 e. The number of carboxylic acid groups (broad SMARTS) is 1. The van der Waals surface area contributed by atoms with E-state index in [1.54, 1.807) is 0 Å². The molecule has 7 nitrogen and oxygen atoms in total. The average molecular weight is 277 g/mol. The molecule has 20 heavy (non-hydrogen) atoms. The molecule has 1 heterocycles. The number of carbonyl (C=O) groups is 3. The molecule has 0 aliphatic heterocycles. The van der Waals surface area contributed by atoms with Gasteiger partial charge in [-0.1, -0.05) is 6.07 Å². The molecule has 1 fully saturated rings. The van der Waals surface area contributed by atoms with Gasteiger partial charge >= 0.3 is 5.97 Å². The number of aromatic carboxylic acids is 1. The molecule has 7 heteroatoms. The van der Waals surface area contributed by atoms with Crippen molar-refractivity contribution in [3.05, 3.63) is 29.6 Å². The Morgan fingerprint density at radius 1 is 1.15 bits per heavy atom. The van der Waals surface area contributed by atoms with Crippen LogP contribution in [-0.2, 0) is 4.79 Å². The fourth-order valence-electron chi connectivity index (χ4n) is 1.62. The minimum absolute atomic E-state index is 0.0187. The molecular formula is C13H15N3O4. The molecule has 106 valence electrons. The van der Waals surface area contributed by atoms with Crippen LogP contribution in [-0.4, -0.2) is 41.0 Å². The van der Waals surface area contributed by atoms with E-state index in [-0.39, 0.29) is 29.8 Å². The van der Waals surface area contributed by atoms with Gasteiger partial charge in [-0.2, -0.15) is 0 Å². The van der Waals surface area contributed by atoms with Gasteiger partial charge in [0.2, 0.25) is 5.91 Å². The Kier molecular flexibility index (Phi) is 4.29. The summed E-state index contributed by atoms with van der Waals surface area (Å²) in [6, 6.07) is 4.21. The van der Waals surface area contributed by atoms with Gasteiger partial charge in [-0.25, -0.2) is 9.78 Å². The van der Waals surface area contributed by atoms with Gasteiger partial charge in [0.1, 0.15) is 11.4 Å². The second-order valence-electron chi connectivity index (χ2n) is 4.53. The number of carboxylic acids is 1. The maximum atomic E-state index is 11.7. The quantitative estimate of drug-likeness (QED) is 0.636. The number of nitrogens with zero attached hydrogens (tertiary/aromatic N) is 1. The minimum atomic E-state index is -1.18. The maximum Gasteiger partial charge on any atom is 0.354 e. The zero-order chi connectivity index (χ0) is 14.5. The maximum absolute atomic E-state index is 11.7. The van der Waals surface area contributed by atoms with Crippen molar-refractivity contribution in [2.24, 2.45) is 5.92 Å². The molecular weight excluding hydrogens is 262 g/mol. The third-order valence-corrected chi connectivity index (χ3v) is 2.86. The lowest BCUT2D eigenvalue weighted by Gasteiger charge is -2.06. The molecule has 0 aromatic carbocycles. The Morgan fingerprint density at radius 2 is 1.80 bits per heavy atom. The van der Waals surface area contributed by atoms with E-state index in [4.69, 9.17) is 5.11 Å². The summed E-state index contributed by atoms with van der Waals surface area (Å²) < 4.78 is 0. The van der Waals surface area contributed by atoms with Crippen molar-refractivity contribution in [2.75, 3.05) is 13.1 Å². The Labute approximate surface area is 115 Å². The number of hydrogen-bond donors (Lipinski definition) is 3. The molecule has 0 bridgehead atoms. The van der Waals surface area contributed by atoms with Gasteiger partial charge < -0.3 is 15.7 Å². The topological polar surface area (TPSA) is 108 Å². The van der Waals surface area contributed by atoms with Crippen LogP contribution in [0.2, 0.25) is 0 Å². The van der Waals surface area contributed by atoms with Crippen molar-refractivity contribution in [2.45, 2.75) is 12.8 Å². The number of carbonyl (C=O) groups excluding carboxylic acids is 2. The summed E-state index contributed by atoms with van der Waals surface area (Å²) >= 11 is 0. The summed E-state index contributed by atoms with van der Waals surface area (Å²) in [6.45, 7) is 0.621. The molecule has 1 aromatic heterocycles. The zero-order valence-electron chi connectivity index (χ0n) is 10.8. The largest absolute Gasteiger partial charge is 0.477 e. The summed E-state index contributed by atoms with van der Waals surface area (Å²) in [5, 5.41) is 14.1. The van der Waals surface area contributed by atoms with Crippen LogP contribution in [0.4, 0.5) is 0 Å². The van der Waals surface area contributed by atoms with E-state index < -0.39 is 11.9 Å². The van der Waals surface area contributed by atoms with Crippen molar-refractivity contribution in [3.63, 3.8) is 0 Å². The molecule has 0 unspecified atom stereocenters. The molecule has 0 radical (unpaired) electrons. The summed E-state index contributed by atoms with van der Waals surface area (Å²) in [5.41, 5.74) is -0.141. The first-order valence-electron chi connectivity index (χ1n) is 6.34. The summed E-state index contributed by atoms with van der Waals surface area (Å²) in [5.74, 6) is -1.49. The number of nitrogens with one attached hydrogen (secondary N) is 2. The van der Waals surface area contributed by atoms with Crippen LogP contribution in [0.5, 0.6) is 0 Å². The number of aromatic nitrogens is 1. The van der Waals surface area contributed by atoms with E-state index in [0.29, 0.717) is 6.54 Å². The highest BCUT2D eigenvalue weighted by molar-refractivity contribution is 5.94. The van der Waals surface area contributed by atoms with Crippen molar-refractivity contribution in [1.82, 2.24) is 15.6 Å². The Balaban J connectivity index is 1.77. The first kappa shape index (κ1) is 14.0. The van der Waals surface area contributed by atoms with Gasteiger partial charge in [0.05, 0.1) is 0 Å². The molecule has 1 aromatic rings. The second kappa shape index (κ2) is 6.14. The van der Waals surface area contributed by atoms with E-state index in [1.165, 1.54) is 18.2 Å². The van der Waals surface area contributed by atoms with Gasteiger partial charge in [-0.05, 0) is 25.0 Å². The van der Waals surface area contributed by atoms with Crippen molar-refractivity contribution in [3.8, 4) is 0 Å². The summed E-state index contributed by atoms with van der Waals surface area (Å²) in [7, 11) is 0. The standard InChI is InChI=1S/C13H15N3O4/c17-11(8-4-5-8)14-6-7-15-12(18)9-2-1-3-10(16-9)13(19)20/h1-3,8H,4-7H2,(H,14,17)(H,15,18)(H,19,20). The van der Waals surface area contributed by atoms with Gasteiger partial charge in [-0.15, -0.1) is 0 Å². The first-order valence-corrected chi connectivity index (χ1v) is 6.34. The number of amides is 2.